The molecule has 94 valence electrons. The average molecular weight is 249 g/mol. The van der Waals surface area contributed by atoms with E-state index in [4.69, 9.17) is 0 Å². The number of hydrogen-bond acceptors (Lipinski definition) is 2. The van der Waals surface area contributed by atoms with E-state index in [9.17, 15) is 0 Å². The molecule has 0 heterocycles. The standard InChI is InChI=1S/C15H23NS/c1-11(2)16-10-13-9-15(13,3)12-5-7-14(17-4)8-6-12/h5-8,11,13,16H,9-10H2,1-4H3. The number of nitrogens with one attached hydrogen (secondary N) is 1. The predicted molar refractivity (Wildman–Crippen MR) is 76.8 cm³/mol. The summed E-state index contributed by atoms with van der Waals surface area (Å²) < 4.78 is 0. The maximum absolute atomic E-state index is 3.55. The van der Waals surface area contributed by atoms with Crippen molar-refractivity contribution in [3.05, 3.63) is 29.8 Å². The molecule has 0 saturated heterocycles. The summed E-state index contributed by atoms with van der Waals surface area (Å²) in [7, 11) is 0. The van der Waals surface area contributed by atoms with Gasteiger partial charge in [-0.2, -0.15) is 0 Å². The molecule has 1 N–H and O–H groups in total. The van der Waals surface area contributed by atoms with Crippen LogP contribution in [-0.4, -0.2) is 18.8 Å². The number of hydrogen-bond donors (Lipinski definition) is 1. The van der Waals surface area contributed by atoms with Gasteiger partial charge < -0.3 is 5.32 Å². The fraction of sp³-hybridized carbons (Fsp3) is 0.600. The fourth-order valence-corrected chi connectivity index (χ4v) is 2.86. The molecular formula is C15H23NS. The first-order valence-corrected chi connectivity index (χ1v) is 7.66. The lowest BCUT2D eigenvalue weighted by molar-refractivity contribution is 0.528. The Morgan fingerprint density at radius 3 is 2.53 bits per heavy atom. The maximum atomic E-state index is 3.55. The van der Waals surface area contributed by atoms with Gasteiger partial charge in [-0.1, -0.05) is 32.9 Å². The molecule has 0 amide bonds. The zero-order valence-corrected chi connectivity index (χ0v) is 12.1. The molecule has 2 rings (SSSR count). The van der Waals surface area contributed by atoms with Crippen LogP contribution in [0.2, 0.25) is 0 Å². The van der Waals surface area contributed by atoms with Crippen LogP contribution in [0.15, 0.2) is 29.2 Å². The Bertz CT molecular complexity index is 371. The Morgan fingerprint density at radius 1 is 1.35 bits per heavy atom. The molecule has 0 spiro atoms. The van der Waals surface area contributed by atoms with Crippen LogP contribution in [-0.2, 0) is 5.41 Å². The molecule has 1 fully saturated rings. The van der Waals surface area contributed by atoms with Gasteiger partial charge in [0, 0.05) is 10.9 Å². The monoisotopic (exact) mass is 249 g/mol. The highest BCUT2D eigenvalue weighted by Gasteiger charge is 2.50. The van der Waals surface area contributed by atoms with Gasteiger partial charge in [-0.3, -0.25) is 0 Å². The zero-order chi connectivity index (χ0) is 12.5. The summed E-state index contributed by atoms with van der Waals surface area (Å²) in [5.41, 5.74) is 1.92. The third-order valence-corrected chi connectivity index (χ3v) is 4.68. The van der Waals surface area contributed by atoms with Crippen LogP contribution in [0, 0.1) is 5.92 Å². The fourth-order valence-electron chi connectivity index (χ4n) is 2.45. The van der Waals surface area contributed by atoms with Gasteiger partial charge in [0.2, 0.25) is 0 Å². The molecule has 0 bridgehead atoms. The first-order chi connectivity index (χ1) is 8.06. The van der Waals surface area contributed by atoms with Crippen molar-refractivity contribution in [3.63, 3.8) is 0 Å². The SMILES string of the molecule is CSc1ccc(C2(C)CC2CNC(C)C)cc1. The largest absolute Gasteiger partial charge is 0.314 e. The van der Waals surface area contributed by atoms with Crippen molar-refractivity contribution < 1.29 is 0 Å². The van der Waals surface area contributed by atoms with E-state index in [-0.39, 0.29) is 0 Å². The molecule has 1 aliphatic rings. The lowest BCUT2D eigenvalue weighted by Gasteiger charge is -2.14. The molecule has 1 saturated carbocycles. The van der Waals surface area contributed by atoms with Gasteiger partial charge in [-0.25, -0.2) is 0 Å². The Balaban J connectivity index is 1.98. The zero-order valence-electron chi connectivity index (χ0n) is 11.3. The van der Waals surface area contributed by atoms with Crippen molar-refractivity contribution in [2.45, 2.75) is 43.5 Å². The van der Waals surface area contributed by atoms with E-state index in [1.807, 2.05) is 11.8 Å². The summed E-state index contributed by atoms with van der Waals surface area (Å²) >= 11 is 1.81. The second-order valence-corrected chi connectivity index (χ2v) is 6.49. The lowest BCUT2D eigenvalue weighted by atomic mass is 9.95. The van der Waals surface area contributed by atoms with E-state index in [0.29, 0.717) is 11.5 Å². The van der Waals surface area contributed by atoms with Gasteiger partial charge in [0.05, 0.1) is 0 Å². The summed E-state index contributed by atoms with van der Waals surface area (Å²) in [6, 6.07) is 9.70. The molecule has 1 aromatic carbocycles. The Labute approximate surface area is 109 Å². The third-order valence-electron chi connectivity index (χ3n) is 3.93. The molecule has 0 radical (unpaired) electrons. The van der Waals surface area contributed by atoms with Crippen molar-refractivity contribution in [1.82, 2.24) is 5.32 Å². The number of rotatable bonds is 5. The minimum atomic E-state index is 0.416. The average Bonchev–Trinajstić information content (AvgIpc) is 2.99. The highest BCUT2D eigenvalue weighted by molar-refractivity contribution is 7.98. The van der Waals surface area contributed by atoms with E-state index in [0.717, 1.165) is 12.5 Å². The summed E-state index contributed by atoms with van der Waals surface area (Å²) in [5.74, 6) is 0.810. The highest BCUT2D eigenvalue weighted by atomic mass is 32.2. The van der Waals surface area contributed by atoms with Crippen molar-refractivity contribution in [1.29, 1.82) is 0 Å². The second kappa shape index (κ2) is 5.03. The van der Waals surface area contributed by atoms with Gasteiger partial charge in [0.25, 0.3) is 0 Å². The molecule has 2 heteroatoms. The second-order valence-electron chi connectivity index (χ2n) is 5.61. The number of thioether (sulfide) groups is 1. The quantitative estimate of drug-likeness (QED) is 0.799. The Hall–Kier alpha value is -0.470. The van der Waals surface area contributed by atoms with Gasteiger partial charge in [-0.15, -0.1) is 11.8 Å². The van der Waals surface area contributed by atoms with E-state index in [1.165, 1.54) is 16.9 Å². The summed E-state index contributed by atoms with van der Waals surface area (Å²) in [6.45, 7) is 7.98. The third kappa shape index (κ3) is 2.86. The van der Waals surface area contributed by atoms with Crippen LogP contribution in [0.25, 0.3) is 0 Å². The minimum Gasteiger partial charge on any atom is -0.314 e. The Kier molecular flexibility index (Phi) is 3.84. The first-order valence-electron chi connectivity index (χ1n) is 6.44. The molecule has 1 aromatic rings. The van der Waals surface area contributed by atoms with E-state index < -0.39 is 0 Å². The minimum absolute atomic E-state index is 0.416. The van der Waals surface area contributed by atoms with Gasteiger partial charge in [0.1, 0.15) is 0 Å². The highest BCUT2D eigenvalue weighted by Crippen LogP contribution is 2.53. The van der Waals surface area contributed by atoms with Gasteiger partial charge in [-0.05, 0) is 48.3 Å². The molecular weight excluding hydrogens is 226 g/mol. The molecule has 17 heavy (non-hydrogen) atoms. The van der Waals surface area contributed by atoms with Crippen LogP contribution in [0.5, 0.6) is 0 Å². The van der Waals surface area contributed by atoms with Gasteiger partial charge in [0.15, 0.2) is 0 Å². The van der Waals surface area contributed by atoms with Crippen molar-refractivity contribution in [2.75, 3.05) is 12.8 Å². The van der Waals surface area contributed by atoms with Crippen LogP contribution in [0.3, 0.4) is 0 Å². The van der Waals surface area contributed by atoms with E-state index >= 15 is 0 Å². The van der Waals surface area contributed by atoms with Gasteiger partial charge >= 0.3 is 0 Å². The first kappa shape index (κ1) is 13.0. The topological polar surface area (TPSA) is 12.0 Å². The summed E-state index contributed by atoms with van der Waals surface area (Å²) in [4.78, 5) is 1.36. The maximum Gasteiger partial charge on any atom is 0.00693 e. The molecule has 2 atom stereocenters. The normalized spacial score (nSPS) is 27.5. The molecule has 0 aliphatic heterocycles. The molecule has 1 aliphatic carbocycles. The van der Waals surface area contributed by atoms with Crippen LogP contribution in [0.4, 0.5) is 0 Å². The molecule has 0 aromatic heterocycles. The molecule has 1 nitrogen and oxygen atoms in total. The van der Waals surface area contributed by atoms with Crippen LogP contribution < -0.4 is 5.32 Å². The van der Waals surface area contributed by atoms with Crippen molar-refractivity contribution in [3.8, 4) is 0 Å². The van der Waals surface area contributed by atoms with E-state index in [2.05, 4.69) is 56.6 Å². The smallest absolute Gasteiger partial charge is 0.00693 e. The Morgan fingerprint density at radius 2 is 2.00 bits per heavy atom. The predicted octanol–water partition coefficient (Wildman–Crippen LogP) is 3.68. The van der Waals surface area contributed by atoms with E-state index in [1.54, 1.807) is 0 Å². The van der Waals surface area contributed by atoms with Crippen LogP contribution >= 0.6 is 11.8 Å². The molecule has 2 unspecified atom stereocenters. The summed E-state index contributed by atoms with van der Waals surface area (Å²) in [5, 5.41) is 3.55. The van der Waals surface area contributed by atoms with Crippen molar-refractivity contribution >= 4 is 11.8 Å². The van der Waals surface area contributed by atoms with Crippen molar-refractivity contribution in [2.24, 2.45) is 5.92 Å². The number of benzene rings is 1. The van der Waals surface area contributed by atoms with Crippen LogP contribution in [0.1, 0.15) is 32.8 Å². The lowest BCUT2D eigenvalue weighted by Crippen LogP contribution is -2.26. The summed E-state index contributed by atoms with van der Waals surface area (Å²) in [6.07, 6.45) is 3.45.